The fourth-order valence-corrected chi connectivity index (χ4v) is 10.9. The molecular weight excluding hydrogens is 828 g/mol. The van der Waals surface area contributed by atoms with Crippen molar-refractivity contribution in [3.05, 3.63) is 255 Å². The van der Waals surface area contributed by atoms with Gasteiger partial charge in [-0.05, 0) is 46.5 Å². The van der Waals surface area contributed by atoms with Gasteiger partial charge in [0.25, 0.3) is 0 Å². The van der Waals surface area contributed by atoms with Crippen LogP contribution in [0.5, 0.6) is 0 Å². The van der Waals surface area contributed by atoms with Gasteiger partial charge in [-0.25, -0.2) is 0 Å². The quantitative estimate of drug-likeness (QED) is 0.126. The Bertz CT molecular complexity index is 3190. The van der Waals surface area contributed by atoms with Gasteiger partial charge in [-0.3, -0.25) is 0 Å². The molecule has 11 rings (SSSR count). The SMILES string of the molecule is c1ccc(-c2ccc(N(c3ccc(-c4ccccc4)cc3)c3ccc(-c4ccc(N(c5ccc(-c6ccccc6)cc5)c5ccc6[se]c7ccccc7c6c5)cc4)cc3)cc2)cc1. The van der Waals surface area contributed by atoms with E-state index < -0.39 is 0 Å². The van der Waals surface area contributed by atoms with Gasteiger partial charge in [-0.2, -0.15) is 0 Å². The van der Waals surface area contributed by atoms with E-state index in [-0.39, 0.29) is 0 Å². The molecule has 298 valence electrons. The van der Waals surface area contributed by atoms with Crippen LogP contribution in [0.3, 0.4) is 0 Å². The van der Waals surface area contributed by atoms with Gasteiger partial charge in [0.05, 0.1) is 0 Å². The smallest absolute Gasteiger partial charge is 0.0617 e. The fraction of sp³-hybridized carbons (Fsp3) is 0. The molecule has 0 spiro atoms. The molecule has 0 N–H and O–H groups in total. The van der Waals surface area contributed by atoms with Crippen molar-refractivity contribution in [3.8, 4) is 44.5 Å². The zero-order valence-corrected chi connectivity index (χ0v) is 36.3. The second-order valence-corrected chi connectivity index (χ2v) is 18.1. The van der Waals surface area contributed by atoms with Crippen LogP contribution in [0.2, 0.25) is 0 Å². The maximum atomic E-state index is 2.39. The molecule has 0 amide bonds. The number of hydrogen-bond donors (Lipinski definition) is 0. The van der Waals surface area contributed by atoms with E-state index in [9.17, 15) is 0 Å². The third-order valence-corrected chi connectivity index (χ3v) is 14.3. The second kappa shape index (κ2) is 17.0. The molecule has 10 aromatic carbocycles. The van der Waals surface area contributed by atoms with Crippen molar-refractivity contribution in [3.63, 3.8) is 0 Å². The summed E-state index contributed by atoms with van der Waals surface area (Å²) < 4.78 is 2.90. The molecule has 3 heteroatoms. The molecule has 63 heavy (non-hydrogen) atoms. The van der Waals surface area contributed by atoms with E-state index in [1.165, 1.54) is 63.8 Å². The molecule has 0 fully saturated rings. The van der Waals surface area contributed by atoms with Crippen molar-refractivity contribution >= 4 is 67.9 Å². The molecule has 0 bridgehead atoms. The normalized spacial score (nSPS) is 11.2. The van der Waals surface area contributed by atoms with Gasteiger partial charge in [-0.1, -0.05) is 91.0 Å². The van der Waals surface area contributed by atoms with E-state index >= 15 is 0 Å². The topological polar surface area (TPSA) is 6.48 Å². The third kappa shape index (κ3) is 7.77. The van der Waals surface area contributed by atoms with Crippen LogP contribution in [0.25, 0.3) is 63.8 Å². The second-order valence-electron chi connectivity index (χ2n) is 15.8. The first-order valence-electron chi connectivity index (χ1n) is 21.4. The zero-order valence-electron chi connectivity index (χ0n) is 34.6. The first kappa shape index (κ1) is 38.3. The average molecular weight is 870 g/mol. The summed E-state index contributed by atoms with van der Waals surface area (Å²) in [5.74, 6) is 0. The zero-order chi connectivity index (χ0) is 42.0. The molecule has 0 radical (unpaired) electrons. The number of hydrogen-bond acceptors (Lipinski definition) is 2. The number of fused-ring (bicyclic) bond motifs is 3. The van der Waals surface area contributed by atoms with Gasteiger partial charge in [-0.15, -0.1) is 0 Å². The first-order chi connectivity index (χ1) is 31.2. The third-order valence-electron chi connectivity index (χ3n) is 11.9. The molecule has 11 aromatic rings. The van der Waals surface area contributed by atoms with Crippen molar-refractivity contribution in [2.24, 2.45) is 0 Å². The Kier molecular flexibility index (Phi) is 10.3. The maximum absolute atomic E-state index is 2.39. The van der Waals surface area contributed by atoms with Crippen LogP contribution < -0.4 is 9.80 Å². The standard InChI is InChI=1S/C60H42N2Se/c1-4-12-43(13-5-1)46-20-30-51(31-21-46)61(52-32-22-47(23-33-52)44-14-6-2-7-15-44)53-34-26-49(27-35-53)50-28-38-55(39-29-50)62(54-36-24-48(25-37-54)45-16-8-3-9-17-45)56-40-41-60-58(42-56)57-18-10-11-19-59(57)63-60/h1-42H. The van der Waals surface area contributed by atoms with Gasteiger partial charge in [0, 0.05) is 17.1 Å². The molecule has 1 aromatic heterocycles. The first-order valence-corrected chi connectivity index (χ1v) is 23.1. The molecule has 0 saturated heterocycles. The van der Waals surface area contributed by atoms with Crippen molar-refractivity contribution < 1.29 is 0 Å². The van der Waals surface area contributed by atoms with Crippen LogP contribution in [0.1, 0.15) is 0 Å². The monoisotopic (exact) mass is 870 g/mol. The van der Waals surface area contributed by atoms with E-state index in [1.807, 2.05) is 0 Å². The summed E-state index contributed by atoms with van der Waals surface area (Å²) in [6.45, 7) is 0. The van der Waals surface area contributed by atoms with Gasteiger partial charge in [0.15, 0.2) is 0 Å². The molecule has 0 aliphatic rings. The Morgan fingerprint density at radius 1 is 0.206 bits per heavy atom. The molecule has 0 unspecified atom stereocenters. The van der Waals surface area contributed by atoms with Gasteiger partial charge >= 0.3 is 218 Å². The number of anilines is 6. The van der Waals surface area contributed by atoms with Crippen molar-refractivity contribution in [2.45, 2.75) is 0 Å². The molecule has 1 heterocycles. The van der Waals surface area contributed by atoms with Crippen molar-refractivity contribution in [2.75, 3.05) is 9.80 Å². The van der Waals surface area contributed by atoms with E-state index in [1.54, 1.807) is 0 Å². The number of nitrogens with zero attached hydrogens (tertiary/aromatic N) is 2. The van der Waals surface area contributed by atoms with Crippen LogP contribution in [-0.2, 0) is 0 Å². The molecule has 0 atom stereocenters. The molecule has 0 aliphatic carbocycles. The van der Waals surface area contributed by atoms with Gasteiger partial charge in [0.1, 0.15) is 0 Å². The Labute approximate surface area is 375 Å². The van der Waals surface area contributed by atoms with Crippen molar-refractivity contribution in [1.29, 1.82) is 0 Å². The van der Waals surface area contributed by atoms with E-state index in [2.05, 4.69) is 265 Å². The predicted octanol–water partition coefficient (Wildman–Crippen LogP) is 16.7. The minimum atomic E-state index is 0.320. The van der Waals surface area contributed by atoms with Crippen LogP contribution in [0, 0.1) is 0 Å². The number of rotatable bonds is 10. The van der Waals surface area contributed by atoms with E-state index in [0.29, 0.717) is 14.5 Å². The Hall–Kier alpha value is -7.68. The summed E-state index contributed by atoms with van der Waals surface area (Å²) in [7, 11) is 0. The minimum Gasteiger partial charge on any atom is -0.0617 e. The summed E-state index contributed by atoms with van der Waals surface area (Å²) in [5.41, 5.74) is 16.3. The predicted molar refractivity (Wildman–Crippen MR) is 270 cm³/mol. The van der Waals surface area contributed by atoms with Crippen LogP contribution in [-0.4, -0.2) is 14.5 Å². The summed E-state index contributed by atoms with van der Waals surface area (Å²) in [6.07, 6.45) is 0. The van der Waals surface area contributed by atoms with E-state index in [0.717, 1.165) is 34.1 Å². The molecule has 0 saturated carbocycles. The Morgan fingerprint density at radius 2 is 0.476 bits per heavy atom. The molecule has 0 aliphatic heterocycles. The fourth-order valence-electron chi connectivity index (χ4n) is 8.65. The Balaban J connectivity index is 0.928. The summed E-state index contributed by atoms with van der Waals surface area (Å²) in [6, 6.07) is 92.3. The van der Waals surface area contributed by atoms with Crippen LogP contribution >= 0.6 is 0 Å². The molecular formula is C60H42N2Se. The summed E-state index contributed by atoms with van der Waals surface area (Å²) >= 11 is 0.320. The average Bonchev–Trinajstić information content (AvgIpc) is 3.74. The number of benzene rings is 10. The van der Waals surface area contributed by atoms with Crippen molar-refractivity contribution in [1.82, 2.24) is 0 Å². The van der Waals surface area contributed by atoms with Gasteiger partial charge in [0.2, 0.25) is 0 Å². The van der Waals surface area contributed by atoms with Crippen LogP contribution in [0.4, 0.5) is 34.1 Å². The molecule has 2 nitrogen and oxygen atoms in total. The summed E-state index contributed by atoms with van der Waals surface area (Å²) in [4.78, 5) is 4.73. The van der Waals surface area contributed by atoms with Gasteiger partial charge < -0.3 is 4.90 Å². The Morgan fingerprint density at radius 3 is 0.841 bits per heavy atom. The van der Waals surface area contributed by atoms with Crippen LogP contribution in [0.15, 0.2) is 255 Å². The summed E-state index contributed by atoms with van der Waals surface area (Å²) in [5, 5.41) is 2.71. The minimum absolute atomic E-state index is 0.320. The van der Waals surface area contributed by atoms with E-state index in [4.69, 9.17) is 0 Å².